The summed E-state index contributed by atoms with van der Waals surface area (Å²) in [5.74, 6) is 0. The van der Waals surface area contributed by atoms with Crippen LogP contribution < -0.4 is 0 Å². The Balaban J connectivity index is 2.35. The number of hydrogen-bond donors (Lipinski definition) is 0. The Bertz CT molecular complexity index is 191. The molecule has 0 aromatic carbocycles. The second-order valence-corrected chi connectivity index (χ2v) is 5.17. The predicted octanol–water partition coefficient (Wildman–Crippen LogP) is 3.73. The Hall–Kier alpha value is -0.300. The molecule has 0 aliphatic carbocycles. The van der Waals surface area contributed by atoms with Crippen LogP contribution >= 0.6 is 11.3 Å². The SMILES string of the molecule is CC(C)(C)CCc1cccs1. The lowest BCUT2D eigenvalue weighted by Crippen LogP contribution is -2.05. The summed E-state index contributed by atoms with van der Waals surface area (Å²) in [4.78, 5) is 1.51. The van der Waals surface area contributed by atoms with Crippen LogP contribution in [0.3, 0.4) is 0 Å². The Kier molecular flexibility index (Phi) is 2.72. The van der Waals surface area contributed by atoms with Crippen LogP contribution in [0.5, 0.6) is 0 Å². The molecule has 0 N–H and O–H groups in total. The lowest BCUT2D eigenvalue weighted by molar-refractivity contribution is 0.379. The smallest absolute Gasteiger partial charge is 0.00454 e. The minimum Gasteiger partial charge on any atom is -0.149 e. The Morgan fingerprint density at radius 3 is 2.55 bits per heavy atom. The highest BCUT2D eigenvalue weighted by molar-refractivity contribution is 7.09. The van der Waals surface area contributed by atoms with Gasteiger partial charge in [0, 0.05) is 4.88 Å². The van der Waals surface area contributed by atoms with Crippen LogP contribution in [0.1, 0.15) is 32.1 Å². The highest BCUT2D eigenvalue weighted by Gasteiger charge is 2.09. The maximum Gasteiger partial charge on any atom is 0.00454 e. The molecule has 11 heavy (non-hydrogen) atoms. The van der Waals surface area contributed by atoms with E-state index in [0.717, 1.165) is 0 Å². The van der Waals surface area contributed by atoms with E-state index in [-0.39, 0.29) is 0 Å². The predicted molar refractivity (Wildman–Crippen MR) is 52.1 cm³/mol. The molecule has 0 unspecified atom stereocenters. The summed E-state index contributed by atoms with van der Waals surface area (Å²) in [6, 6.07) is 4.35. The third-order valence-corrected chi connectivity index (χ3v) is 2.64. The second-order valence-electron chi connectivity index (χ2n) is 4.14. The standard InChI is InChI=1S/C10H16S/c1-10(2,3)7-6-9-5-4-8-11-9/h4-5,8H,6-7H2,1-3H3. The van der Waals surface area contributed by atoms with Crippen molar-refractivity contribution in [3.05, 3.63) is 22.4 Å². The van der Waals surface area contributed by atoms with E-state index in [0.29, 0.717) is 5.41 Å². The molecule has 0 saturated carbocycles. The van der Waals surface area contributed by atoms with Crippen molar-refractivity contribution in [2.24, 2.45) is 5.41 Å². The fourth-order valence-corrected chi connectivity index (χ4v) is 1.66. The first kappa shape index (κ1) is 8.79. The topological polar surface area (TPSA) is 0 Å². The zero-order chi connectivity index (χ0) is 8.32. The molecule has 0 saturated heterocycles. The zero-order valence-corrected chi connectivity index (χ0v) is 8.37. The van der Waals surface area contributed by atoms with Gasteiger partial charge in [0.1, 0.15) is 0 Å². The summed E-state index contributed by atoms with van der Waals surface area (Å²) in [6.07, 6.45) is 2.52. The largest absolute Gasteiger partial charge is 0.149 e. The molecule has 0 amide bonds. The van der Waals surface area contributed by atoms with Crippen molar-refractivity contribution < 1.29 is 0 Å². The molecule has 0 nitrogen and oxygen atoms in total. The van der Waals surface area contributed by atoms with Crippen molar-refractivity contribution in [1.82, 2.24) is 0 Å². The van der Waals surface area contributed by atoms with E-state index in [4.69, 9.17) is 0 Å². The summed E-state index contributed by atoms with van der Waals surface area (Å²) >= 11 is 1.86. The maximum atomic E-state index is 2.29. The van der Waals surface area contributed by atoms with Gasteiger partial charge in [0.15, 0.2) is 0 Å². The number of rotatable bonds is 2. The molecule has 0 fully saturated rings. The molecule has 0 radical (unpaired) electrons. The summed E-state index contributed by atoms with van der Waals surface area (Å²) < 4.78 is 0. The van der Waals surface area contributed by atoms with E-state index in [2.05, 4.69) is 38.3 Å². The van der Waals surface area contributed by atoms with E-state index in [1.807, 2.05) is 11.3 Å². The van der Waals surface area contributed by atoms with Gasteiger partial charge in [-0.05, 0) is 29.7 Å². The molecule has 1 heterocycles. The van der Waals surface area contributed by atoms with Crippen molar-refractivity contribution >= 4 is 11.3 Å². The molecule has 0 aliphatic rings. The van der Waals surface area contributed by atoms with Crippen LogP contribution in [-0.4, -0.2) is 0 Å². The molecule has 0 aliphatic heterocycles. The zero-order valence-electron chi connectivity index (χ0n) is 7.55. The quantitative estimate of drug-likeness (QED) is 0.631. The van der Waals surface area contributed by atoms with Crippen molar-refractivity contribution in [3.63, 3.8) is 0 Å². The van der Waals surface area contributed by atoms with Crippen LogP contribution in [-0.2, 0) is 6.42 Å². The third-order valence-electron chi connectivity index (χ3n) is 1.70. The van der Waals surface area contributed by atoms with Crippen molar-refractivity contribution in [1.29, 1.82) is 0 Å². The highest BCUT2D eigenvalue weighted by Crippen LogP contribution is 2.22. The molecule has 1 aromatic rings. The van der Waals surface area contributed by atoms with Crippen molar-refractivity contribution in [2.75, 3.05) is 0 Å². The van der Waals surface area contributed by atoms with E-state index >= 15 is 0 Å². The summed E-state index contributed by atoms with van der Waals surface area (Å²) in [7, 11) is 0. The Labute approximate surface area is 73.3 Å². The van der Waals surface area contributed by atoms with Crippen LogP contribution in [0.2, 0.25) is 0 Å². The molecule has 1 aromatic heterocycles. The number of aryl methyl sites for hydroxylation is 1. The minimum atomic E-state index is 0.476. The van der Waals surface area contributed by atoms with Gasteiger partial charge in [-0.25, -0.2) is 0 Å². The van der Waals surface area contributed by atoms with E-state index in [1.54, 1.807) is 0 Å². The molecule has 62 valence electrons. The van der Waals surface area contributed by atoms with E-state index < -0.39 is 0 Å². The maximum absolute atomic E-state index is 2.29. The van der Waals surface area contributed by atoms with Crippen LogP contribution in [0.25, 0.3) is 0 Å². The highest BCUT2D eigenvalue weighted by atomic mass is 32.1. The van der Waals surface area contributed by atoms with Gasteiger partial charge in [0.2, 0.25) is 0 Å². The van der Waals surface area contributed by atoms with Gasteiger partial charge in [-0.1, -0.05) is 26.8 Å². The number of thiophene rings is 1. The first-order valence-corrected chi connectivity index (χ1v) is 4.98. The Morgan fingerprint density at radius 2 is 2.09 bits per heavy atom. The third kappa shape index (κ3) is 3.57. The van der Waals surface area contributed by atoms with Gasteiger partial charge in [-0.15, -0.1) is 11.3 Å². The summed E-state index contributed by atoms with van der Waals surface area (Å²) in [5, 5.41) is 2.15. The van der Waals surface area contributed by atoms with Crippen LogP contribution in [0, 0.1) is 5.41 Å². The first-order chi connectivity index (χ1) is 5.08. The van der Waals surface area contributed by atoms with Gasteiger partial charge in [-0.2, -0.15) is 0 Å². The molecule has 0 bridgehead atoms. The van der Waals surface area contributed by atoms with Crippen molar-refractivity contribution in [3.8, 4) is 0 Å². The fraction of sp³-hybridized carbons (Fsp3) is 0.600. The summed E-state index contributed by atoms with van der Waals surface area (Å²) in [5.41, 5.74) is 0.476. The minimum absolute atomic E-state index is 0.476. The van der Waals surface area contributed by atoms with Gasteiger partial charge >= 0.3 is 0 Å². The Morgan fingerprint density at radius 1 is 1.36 bits per heavy atom. The molecule has 1 rings (SSSR count). The number of hydrogen-bond acceptors (Lipinski definition) is 1. The first-order valence-electron chi connectivity index (χ1n) is 4.10. The normalized spacial score (nSPS) is 11.9. The van der Waals surface area contributed by atoms with E-state index in [1.165, 1.54) is 17.7 Å². The fourth-order valence-electron chi connectivity index (χ4n) is 0.953. The van der Waals surface area contributed by atoms with Crippen LogP contribution in [0.4, 0.5) is 0 Å². The van der Waals surface area contributed by atoms with Gasteiger partial charge in [0.05, 0.1) is 0 Å². The molecule has 0 spiro atoms. The lowest BCUT2D eigenvalue weighted by Gasteiger charge is -2.16. The summed E-state index contributed by atoms with van der Waals surface area (Å²) in [6.45, 7) is 6.88. The van der Waals surface area contributed by atoms with E-state index in [9.17, 15) is 0 Å². The lowest BCUT2D eigenvalue weighted by atomic mass is 9.90. The van der Waals surface area contributed by atoms with Gasteiger partial charge in [0.25, 0.3) is 0 Å². The van der Waals surface area contributed by atoms with Gasteiger partial charge in [-0.3, -0.25) is 0 Å². The van der Waals surface area contributed by atoms with Crippen LogP contribution in [0.15, 0.2) is 17.5 Å². The monoisotopic (exact) mass is 168 g/mol. The molecule has 0 atom stereocenters. The van der Waals surface area contributed by atoms with Crippen molar-refractivity contribution in [2.45, 2.75) is 33.6 Å². The second kappa shape index (κ2) is 3.40. The molecule has 1 heteroatoms. The molecular formula is C10H16S. The average molecular weight is 168 g/mol. The molecular weight excluding hydrogens is 152 g/mol. The van der Waals surface area contributed by atoms with Gasteiger partial charge < -0.3 is 0 Å². The average Bonchev–Trinajstić information content (AvgIpc) is 2.32.